The zero-order valence-corrected chi connectivity index (χ0v) is 7.71. The molecule has 4 nitrogen and oxygen atoms in total. The van der Waals surface area contributed by atoms with Crippen LogP contribution in [-0.2, 0) is 7.86 Å². The quantitative estimate of drug-likeness (QED) is 0.315. The average molecular weight is 246 g/mol. The number of hydrogen-bond donors (Lipinski definition) is 0. The van der Waals surface area contributed by atoms with Crippen molar-refractivity contribution >= 4 is 26.5 Å². The van der Waals surface area contributed by atoms with Gasteiger partial charge in [0.2, 0.25) is 0 Å². The van der Waals surface area contributed by atoms with Crippen molar-refractivity contribution in [2.24, 2.45) is 0 Å². The van der Waals surface area contributed by atoms with E-state index in [1.54, 1.807) is 4.93 Å². The molecule has 0 amide bonds. The second-order valence-electron chi connectivity index (χ2n) is 1.38. The minimum absolute atomic E-state index is 0.370. The van der Waals surface area contributed by atoms with Crippen LogP contribution in [0.25, 0.3) is 0 Å². The van der Waals surface area contributed by atoms with Gasteiger partial charge in [0.1, 0.15) is 0 Å². The van der Waals surface area contributed by atoms with Crippen LogP contribution in [0.1, 0.15) is 6.92 Å². The van der Waals surface area contributed by atoms with Crippen molar-refractivity contribution in [3.63, 3.8) is 0 Å². The van der Waals surface area contributed by atoms with Crippen molar-refractivity contribution in [2.75, 3.05) is 12.0 Å². The summed E-state index contributed by atoms with van der Waals surface area (Å²) in [5, 5.41) is 10.4. The van der Waals surface area contributed by atoms with E-state index >= 15 is 0 Å². The molecule has 9 heavy (non-hydrogen) atoms. The molecule has 0 radical (unpaired) electrons. The minimum atomic E-state index is -2.06. The van der Waals surface area contributed by atoms with Gasteiger partial charge in [-0.2, -0.15) is 0 Å². The van der Waals surface area contributed by atoms with Gasteiger partial charge in [0.05, 0.1) is 0 Å². The van der Waals surface area contributed by atoms with E-state index in [1.165, 1.54) is 14.0 Å². The average Bonchev–Trinajstić information content (AvgIpc) is 1.63. The number of hydrogen-bond acceptors (Lipinski definition) is 4. The van der Waals surface area contributed by atoms with Gasteiger partial charge in [-0.05, 0) is 0 Å². The van der Waals surface area contributed by atoms with E-state index in [2.05, 4.69) is 3.07 Å². The predicted molar refractivity (Wildman–Crippen MR) is 42.8 cm³/mol. The summed E-state index contributed by atoms with van der Waals surface area (Å²) in [4.78, 5) is 11.9. The number of carbonyl (C=O) groups is 1. The molecule has 0 rings (SSSR count). The summed E-state index contributed by atoms with van der Waals surface area (Å²) in [5.74, 6) is -0.370. The van der Waals surface area contributed by atoms with E-state index in [0.29, 0.717) is 0 Å². The Kier molecular flexibility index (Phi) is 4.07. The van der Waals surface area contributed by atoms with Crippen LogP contribution in [-0.4, -0.2) is 21.2 Å². The first-order chi connectivity index (χ1) is 4.04. The van der Waals surface area contributed by atoms with Gasteiger partial charge >= 0.3 is 61.7 Å². The Bertz CT molecular complexity index is 106. The van der Waals surface area contributed by atoms with Gasteiger partial charge in [-0.25, -0.2) is 0 Å². The van der Waals surface area contributed by atoms with Gasteiger partial charge in [0, 0.05) is 0 Å². The first-order valence-corrected chi connectivity index (χ1v) is 6.24. The van der Waals surface area contributed by atoms with Gasteiger partial charge in [-0.15, -0.1) is 0 Å². The Morgan fingerprint density at radius 2 is 2.22 bits per heavy atom. The Balaban J connectivity index is 3.50. The molecule has 0 atom stereocenters. The Morgan fingerprint density at radius 1 is 1.78 bits per heavy atom. The van der Waals surface area contributed by atoms with E-state index in [1.807, 2.05) is 0 Å². The summed E-state index contributed by atoms with van der Waals surface area (Å²) in [6.07, 6.45) is 0. The molecule has 0 aromatic rings. The zero-order valence-electron chi connectivity index (χ0n) is 5.55. The monoisotopic (exact) mass is 246 g/mol. The van der Waals surface area contributed by atoms with Crippen molar-refractivity contribution in [3.05, 3.63) is 5.21 Å². The van der Waals surface area contributed by atoms with Crippen molar-refractivity contribution in [1.82, 2.24) is 3.28 Å². The number of halogens is 1. The summed E-state index contributed by atoms with van der Waals surface area (Å²) < 4.78 is 5.37. The Hall–Kier alpha value is 0.120. The predicted octanol–water partition coefficient (Wildman–Crippen LogP) is 0.945. The molecule has 0 N–H and O–H groups in total. The molecule has 0 aromatic carbocycles. The van der Waals surface area contributed by atoms with Gasteiger partial charge in [0.25, 0.3) is 0 Å². The first kappa shape index (κ1) is 9.12. The van der Waals surface area contributed by atoms with Crippen LogP contribution < -0.4 is 0 Å². The number of rotatable bonds is 2. The van der Waals surface area contributed by atoms with E-state index in [9.17, 15) is 10.0 Å². The topological polar surface area (TPSA) is 52.6 Å². The summed E-state index contributed by atoms with van der Waals surface area (Å²) >= 11 is -2.06. The second-order valence-corrected chi connectivity index (χ2v) is 5.42. The molecule has 0 spiro atoms. The van der Waals surface area contributed by atoms with Crippen LogP contribution in [0.3, 0.4) is 0 Å². The molecular formula is C4H9INO3-. The van der Waals surface area contributed by atoms with Gasteiger partial charge in [-0.3, -0.25) is 0 Å². The molecule has 0 saturated carbocycles. The van der Waals surface area contributed by atoms with E-state index in [0.717, 1.165) is 3.28 Å². The maximum absolute atomic E-state index is 10.4. The number of hydroxylamine groups is 1. The second kappa shape index (κ2) is 4.02. The van der Waals surface area contributed by atoms with Crippen molar-refractivity contribution in [1.29, 1.82) is 0 Å². The fourth-order valence-corrected chi connectivity index (χ4v) is 1.38. The van der Waals surface area contributed by atoms with Crippen LogP contribution in [0.4, 0.5) is 0 Å². The summed E-state index contributed by atoms with van der Waals surface area (Å²) in [6, 6.07) is 0. The molecule has 0 aliphatic carbocycles. The van der Waals surface area contributed by atoms with Crippen molar-refractivity contribution in [2.45, 2.75) is 6.92 Å². The van der Waals surface area contributed by atoms with E-state index in [-0.39, 0.29) is 5.97 Å². The van der Waals surface area contributed by atoms with Crippen LogP contribution in [0.5, 0.6) is 0 Å². The fourth-order valence-electron chi connectivity index (χ4n) is 0.206. The maximum atomic E-state index is 10.4. The standard InChI is InChI=1S/C4H9INO3/c1-4(7)9-5(2)6(3)8/h1-3H3/q-1. The van der Waals surface area contributed by atoms with Gasteiger partial charge in [-0.1, -0.05) is 0 Å². The van der Waals surface area contributed by atoms with Gasteiger partial charge in [0.15, 0.2) is 0 Å². The molecule has 0 heterocycles. The SMILES string of the molecule is CC(=O)OI(C)N(C)[O-]. The molecule has 0 fully saturated rings. The van der Waals surface area contributed by atoms with Gasteiger partial charge < -0.3 is 0 Å². The third-order valence-corrected chi connectivity index (χ3v) is 3.73. The Morgan fingerprint density at radius 3 is 2.33 bits per heavy atom. The number of carbonyl (C=O) groups excluding carboxylic acids is 1. The third-order valence-electron chi connectivity index (χ3n) is 0.556. The summed E-state index contributed by atoms with van der Waals surface area (Å²) in [5.41, 5.74) is 0. The van der Waals surface area contributed by atoms with Crippen LogP contribution in [0.15, 0.2) is 0 Å². The van der Waals surface area contributed by atoms with Crippen molar-refractivity contribution < 1.29 is 7.86 Å². The van der Waals surface area contributed by atoms with E-state index in [4.69, 9.17) is 0 Å². The zero-order chi connectivity index (χ0) is 7.44. The van der Waals surface area contributed by atoms with E-state index < -0.39 is 20.5 Å². The molecule has 5 heteroatoms. The summed E-state index contributed by atoms with van der Waals surface area (Å²) in [7, 11) is 1.37. The molecule has 0 aliphatic rings. The van der Waals surface area contributed by atoms with Crippen LogP contribution >= 0.6 is 20.5 Å². The number of nitrogens with zero attached hydrogens (tertiary/aromatic N) is 1. The van der Waals surface area contributed by atoms with Crippen LogP contribution in [0, 0.1) is 5.21 Å². The molecule has 0 saturated heterocycles. The molecular weight excluding hydrogens is 237 g/mol. The molecule has 0 aliphatic heterocycles. The molecule has 0 unspecified atom stereocenters. The normalized spacial score (nSPS) is 11.4. The summed E-state index contributed by atoms with van der Waals surface area (Å²) in [6.45, 7) is 1.30. The van der Waals surface area contributed by atoms with Crippen LogP contribution in [0.2, 0.25) is 0 Å². The Labute approximate surface area is 62.0 Å². The molecule has 56 valence electrons. The van der Waals surface area contributed by atoms with Crippen molar-refractivity contribution in [3.8, 4) is 0 Å². The number of alkyl halides is 1. The first-order valence-electron chi connectivity index (χ1n) is 2.24. The third kappa shape index (κ3) is 4.61. The molecule has 0 bridgehead atoms. The molecule has 0 aromatic heterocycles. The fraction of sp³-hybridized carbons (Fsp3) is 0.750.